The first-order chi connectivity index (χ1) is 6.74. The predicted molar refractivity (Wildman–Crippen MR) is 57.5 cm³/mol. The molecule has 1 rings (SSSR count). The standard InChI is InChI=1S/C10H13NO2S/c1-2-14-9-6-4-3-5-8(9)13-7-10(11)12/h3-6H,2,7H2,1H3,(H2,11,12). The Hall–Kier alpha value is -1.16. The van der Waals surface area contributed by atoms with E-state index in [1.54, 1.807) is 11.8 Å². The van der Waals surface area contributed by atoms with Crippen LogP contribution in [-0.4, -0.2) is 18.3 Å². The van der Waals surface area contributed by atoms with Gasteiger partial charge in [-0.3, -0.25) is 4.79 Å². The van der Waals surface area contributed by atoms with Crippen LogP contribution in [0.15, 0.2) is 29.2 Å². The summed E-state index contributed by atoms with van der Waals surface area (Å²) in [6.45, 7) is 2.00. The maximum absolute atomic E-state index is 10.5. The van der Waals surface area contributed by atoms with Gasteiger partial charge in [0.1, 0.15) is 5.75 Å². The molecule has 0 saturated heterocycles. The van der Waals surface area contributed by atoms with Crippen LogP contribution in [0.4, 0.5) is 0 Å². The lowest BCUT2D eigenvalue weighted by Crippen LogP contribution is -2.20. The summed E-state index contributed by atoms with van der Waals surface area (Å²) in [5.41, 5.74) is 4.99. The molecule has 1 aromatic rings. The fourth-order valence-electron chi connectivity index (χ4n) is 0.993. The minimum Gasteiger partial charge on any atom is -0.483 e. The average molecular weight is 211 g/mol. The molecule has 0 aromatic heterocycles. The fraction of sp³-hybridized carbons (Fsp3) is 0.300. The van der Waals surface area contributed by atoms with E-state index in [9.17, 15) is 4.79 Å². The number of primary amides is 1. The van der Waals surface area contributed by atoms with Crippen molar-refractivity contribution in [2.45, 2.75) is 11.8 Å². The second-order valence-electron chi connectivity index (χ2n) is 2.63. The number of carbonyl (C=O) groups is 1. The van der Waals surface area contributed by atoms with Crippen LogP contribution in [0.1, 0.15) is 6.92 Å². The summed E-state index contributed by atoms with van der Waals surface area (Å²) in [4.78, 5) is 11.6. The number of para-hydroxylation sites is 1. The Bertz CT molecular complexity index is 315. The van der Waals surface area contributed by atoms with Crippen LogP contribution in [0, 0.1) is 0 Å². The molecule has 0 saturated carbocycles. The number of hydrogen-bond acceptors (Lipinski definition) is 3. The third kappa shape index (κ3) is 3.30. The van der Waals surface area contributed by atoms with Crippen molar-refractivity contribution in [3.63, 3.8) is 0 Å². The molecule has 0 fully saturated rings. The molecular weight excluding hydrogens is 198 g/mol. The Kier molecular flexibility index (Phi) is 4.32. The van der Waals surface area contributed by atoms with Crippen molar-refractivity contribution < 1.29 is 9.53 Å². The second-order valence-corrected chi connectivity index (χ2v) is 3.94. The summed E-state index contributed by atoms with van der Waals surface area (Å²) < 4.78 is 5.26. The molecule has 0 aliphatic carbocycles. The molecule has 14 heavy (non-hydrogen) atoms. The zero-order chi connectivity index (χ0) is 10.4. The monoisotopic (exact) mass is 211 g/mol. The number of nitrogens with two attached hydrogens (primary N) is 1. The highest BCUT2D eigenvalue weighted by atomic mass is 32.2. The van der Waals surface area contributed by atoms with Crippen LogP contribution in [0.3, 0.4) is 0 Å². The third-order valence-electron chi connectivity index (χ3n) is 1.52. The Morgan fingerprint density at radius 1 is 1.50 bits per heavy atom. The van der Waals surface area contributed by atoms with Crippen molar-refractivity contribution in [3.8, 4) is 5.75 Å². The van der Waals surface area contributed by atoms with Crippen molar-refractivity contribution in [3.05, 3.63) is 24.3 Å². The topological polar surface area (TPSA) is 52.3 Å². The molecule has 0 radical (unpaired) electrons. The number of rotatable bonds is 5. The number of hydrogen-bond donors (Lipinski definition) is 1. The number of carbonyl (C=O) groups excluding carboxylic acids is 1. The first-order valence-electron chi connectivity index (χ1n) is 4.37. The van der Waals surface area contributed by atoms with E-state index >= 15 is 0 Å². The first-order valence-corrected chi connectivity index (χ1v) is 5.35. The zero-order valence-electron chi connectivity index (χ0n) is 8.03. The Labute approximate surface area is 87.6 Å². The van der Waals surface area contributed by atoms with E-state index in [-0.39, 0.29) is 6.61 Å². The van der Waals surface area contributed by atoms with Gasteiger partial charge in [0.2, 0.25) is 0 Å². The molecule has 0 aliphatic heterocycles. The number of thioether (sulfide) groups is 1. The van der Waals surface area contributed by atoms with E-state index in [1.165, 1.54) is 0 Å². The summed E-state index contributed by atoms with van der Waals surface area (Å²) in [6.07, 6.45) is 0. The minimum absolute atomic E-state index is 0.0682. The lowest BCUT2D eigenvalue weighted by molar-refractivity contribution is -0.120. The minimum atomic E-state index is -0.457. The van der Waals surface area contributed by atoms with E-state index in [1.807, 2.05) is 24.3 Å². The molecule has 0 bridgehead atoms. The molecule has 0 aliphatic rings. The summed E-state index contributed by atoms with van der Waals surface area (Å²) in [7, 11) is 0. The lowest BCUT2D eigenvalue weighted by Gasteiger charge is -2.08. The highest BCUT2D eigenvalue weighted by Gasteiger charge is 2.03. The van der Waals surface area contributed by atoms with Gasteiger partial charge in [-0.15, -0.1) is 11.8 Å². The van der Waals surface area contributed by atoms with Gasteiger partial charge in [-0.1, -0.05) is 19.1 Å². The van der Waals surface area contributed by atoms with Gasteiger partial charge in [0.15, 0.2) is 6.61 Å². The molecule has 76 valence electrons. The SMILES string of the molecule is CCSc1ccccc1OCC(N)=O. The highest BCUT2D eigenvalue weighted by molar-refractivity contribution is 7.99. The molecule has 0 spiro atoms. The van der Waals surface area contributed by atoms with Gasteiger partial charge in [0.25, 0.3) is 5.91 Å². The lowest BCUT2D eigenvalue weighted by atomic mass is 10.3. The fourth-order valence-corrected chi connectivity index (χ4v) is 1.75. The van der Waals surface area contributed by atoms with E-state index < -0.39 is 5.91 Å². The van der Waals surface area contributed by atoms with Crippen molar-refractivity contribution in [2.24, 2.45) is 5.73 Å². The van der Waals surface area contributed by atoms with E-state index in [0.29, 0.717) is 0 Å². The van der Waals surface area contributed by atoms with Crippen molar-refractivity contribution >= 4 is 17.7 Å². The highest BCUT2D eigenvalue weighted by Crippen LogP contribution is 2.28. The van der Waals surface area contributed by atoms with Crippen LogP contribution in [0.2, 0.25) is 0 Å². The summed E-state index contributed by atoms with van der Waals surface area (Å²) in [6, 6.07) is 7.61. The second kappa shape index (κ2) is 5.54. The van der Waals surface area contributed by atoms with Gasteiger partial charge in [-0.2, -0.15) is 0 Å². The molecule has 1 aromatic carbocycles. The molecule has 4 heteroatoms. The van der Waals surface area contributed by atoms with Crippen LogP contribution in [0.25, 0.3) is 0 Å². The average Bonchev–Trinajstić information content (AvgIpc) is 2.17. The summed E-state index contributed by atoms with van der Waals surface area (Å²) in [5, 5.41) is 0. The van der Waals surface area contributed by atoms with Gasteiger partial charge in [0, 0.05) is 4.90 Å². The summed E-state index contributed by atoms with van der Waals surface area (Å²) >= 11 is 1.68. The van der Waals surface area contributed by atoms with Crippen molar-refractivity contribution in [2.75, 3.05) is 12.4 Å². The van der Waals surface area contributed by atoms with Crippen LogP contribution in [-0.2, 0) is 4.79 Å². The molecule has 2 N–H and O–H groups in total. The maximum atomic E-state index is 10.5. The van der Waals surface area contributed by atoms with Crippen molar-refractivity contribution in [1.82, 2.24) is 0 Å². The molecule has 0 unspecified atom stereocenters. The Morgan fingerprint density at radius 3 is 2.86 bits per heavy atom. The van der Waals surface area contributed by atoms with E-state index in [0.717, 1.165) is 16.4 Å². The molecule has 0 heterocycles. The smallest absolute Gasteiger partial charge is 0.255 e. The van der Waals surface area contributed by atoms with Crippen molar-refractivity contribution in [1.29, 1.82) is 0 Å². The van der Waals surface area contributed by atoms with Gasteiger partial charge in [-0.05, 0) is 17.9 Å². The molecular formula is C10H13NO2S. The first kappa shape index (κ1) is 10.9. The molecule has 0 atom stereocenters. The van der Waals surface area contributed by atoms with Crippen LogP contribution < -0.4 is 10.5 Å². The Balaban J connectivity index is 2.68. The van der Waals surface area contributed by atoms with Gasteiger partial charge in [0.05, 0.1) is 0 Å². The quantitative estimate of drug-likeness (QED) is 0.754. The normalized spacial score (nSPS) is 9.79. The maximum Gasteiger partial charge on any atom is 0.255 e. The largest absolute Gasteiger partial charge is 0.483 e. The van der Waals surface area contributed by atoms with Crippen LogP contribution in [0.5, 0.6) is 5.75 Å². The van der Waals surface area contributed by atoms with E-state index in [4.69, 9.17) is 10.5 Å². The molecule has 1 amide bonds. The van der Waals surface area contributed by atoms with Gasteiger partial charge < -0.3 is 10.5 Å². The van der Waals surface area contributed by atoms with Gasteiger partial charge in [-0.25, -0.2) is 0 Å². The Morgan fingerprint density at radius 2 is 2.21 bits per heavy atom. The number of ether oxygens (including phenoxy) is 1. The molecule has 3 nitrogen and oxygen atoms in total. The number of benzene rings is 1. The summed E-state index contributed by atoms with van der Waals surface area (Å²) in [5.74, 6) is 1.23. The van der Waals surface area contributed by atoms with E-state index in [2.05, 4.69) is 6.92 Å². The zero-order valence-corrected chi connectivity index (χ0v) is 8.84. The van der Waals surface area contributed by atoms with Gasteiger partial charge >= 0.3 is 0 Å². The third-order valence-corrected chi connectivity index (χ3v) is 2.46. The van der Waals surface area contributed by atoms with Crippen LogP contribution >= 0.6 is 11.8 Å². The number of amides is 1. The predicted octanol–water partition coefficient (Wildman–Crippen LogP) is 1.66.